The molecule has 2 unspecified atom stereocenters. The number of hydrogen-bond acceptors (Lipinski definition) is 4. The largest absolute Gasteiger partial charge is 0.339 e. The highest BCUT2D eigenvalue weighted by Crippen LogP contribution is 2.26. The molecule has 0 spiro atoms. The zero-order chi connectivity index (χ0) is 13.2. The van der Waals surface area contributed by atoms with Crippen LogP contribution < -0.4 is 5.32 Å². The fraction of sp³-hybridized carbons (Fsp3) is 0.467. The fourth-order valence-electron chi connectivity index (χ4n) is 2.66. The predicted molar refractivity (Wildman–Crippen MR) is 73.1 cm³/mol. The highest BCUT2D eigenvalue weighted by Gasteiger charge is 2.29. The van der Waals surface area contributed by atoms with Crippen LogP contribution in [0.15, 0.2) is 28.8 Å². The van der Waals surface area contributed by atoms with Gasteiger partial charge in [-0.05, 0) is 37.9 Å². The second-order valence-electron chi connectivity index (χ2n) is 5.29. The maximum Gasteiger partial charge on any atom is 0.231 e. The van der Waals surface area contributed by atoms with E-state index in [0.717, 1.165) is 31.1 Å². The van der Waals surface area contributed by atoms with Crippen molar-refractivity contribution in [3.05, 3.63) is 47.1 Å². The molecule has 2 heterocycles. The summed E-state index contributed by atoms with van der Waals surface area (Å²) in [5, 5.41) is 7.53. The van der Waals surface area contributed by atoms with E-state index < -0.39 is 0 Å². The third-order valence-electron chi connectivity index (χ3n) is 3.94. The van der Waals surface area contributed by atoms with E-state index >= 15 is 0 Å². The molecule has 1 aliphatic rings. The van der Waals surface area contributed by atoms with Gasteiger partial charge in [-0.2, -0.15) is 4.98 Å². The first kappa shape index (κ1) is 12.4. The maximum atomic E-state index is 5.43. The Morgan fingerprint density at radius 2 is 2.21 bits per heavy atom. The van der Waals surface area contributed by atoms with Crippen molar-refractivity contribution in [2.24, 2.45) is 0 Å². The van der Waals surface area contributed by atoms with E-state index in [-0.39, 0.29) is 0 Å². The van der Waals surface area contributed by atoms with Crippen LogP contribution >= 0.6 is 0 Å². The Bertz CT molecular complexity index is 564. The number of benzene rings is 1. The van der Waals surface area contributed by atoms with Crippen LogP contribution in [0.4, 0.5) is 0 Å². The topological polar surface area (TPSA) is 51.0 Å². The summed E-state index contributed by atoms with van der Waals surface area (Å²) < 4.78 is 5.43. The summed E-state index contributed by atoms with van der Waals surface area (Å²) >= 11 is 0. The lowest BCUT2D eigenvalue weighted by Gasteiger charge is -2.08. The molecule has 1 N–H and O–H groups in total. The van der Waals surface area contributed by atoms with Crippen LogP contribution in [-0.4, -0.2) is 22.7 Å². The first-order valence-corrected chi connectivity index (χ1v) is 6.84. The van der Waals surface area contributed by atoms with Gasteiger partial charge in [-0.25, -0.2) is 0 Å². The van der Waals surface area contributed by atoms with E-state index in [1.165, 1.54) is 11.1 Å². The van der Waals surface area contributed by atoms with Crippen molar-refractivity contribution in [1.82, 2.24) is 15.5 Å². The minimum Gasteiger partial charge on any atom is -0.339 e. The van der Waals surface area contributed by atoms with Gasteiger partial charge in [0.05, 0.1) is 5.92 Å². The Balaban J connectivity index is 1.77. The Morgan fingerprint density at radius 1 is 1.37 bits per heavy atom. The molecule has 1 aromatic heterocycles. The number of hydrogen-bond donors (Lipinski definition) is 1. The number of aryl methyl sites for hydroxylation is 1. The van der Waals surface area contributed by atoms with Gasteiger partial charge in [-0.1, -0.05) is 29.4 Å². The van der Waals surface area contributed by atoms with Crippen LogP contribution in [0.25, 0.3) is 0 Å². The summed E-state index contributed by atoms with van der Waals surface area (Å²) in [5.74, 6) is 1.92. The molecule has 0 bridgehead atoms. The first-order valence-electron chi connectivity index (χ1n) is 6.84. The predicted octanol–water partition coefficient (Wildman–Crippen LogP) is 2.43. The number of nitrogens with zero attached hydrogens (tertiary/aromatic N) is 2. The quantitative estimate of drug-likeness (QED) is 0.917. The average Bonchev–Trinajstić information content (AvgIpc) is 3.01. The van der Waals surface area contributed by atoms with Gasteiger partial charge < -0.3 is 9.84 Å². The number of aromatic nitrogens is 2. The summed E-state index contributed by atoms with van der Waals surface area (Å²) in [6, 6.07) is 8.75. The molecule has 4 nitrogen and oxygen atoms in total. The molecule has 3 rings (SSSR count). The smallest absolute Gasteiger partial charge is 0.231 e. The minimum absolute atomic E-state index is 0.359. The van der Waals surface area contributed by atoms with Gasteiger partial charge in [0.2, 0.25) is 5.89 Å². The van der Waals surface area contributed by atoms with Crippen LogP contribution in [0.3, 0.4) is 0 Å². The van der Waals surface area contributed by atoms with Crippen LogP contribution in [0, 0.1) is 6.92 Å². The van der Waals surface area contributed by atoms with E-state index in [4.69, 9.17) is 4.52 Å². The van der Waals surface area contributed by atoms with Gasteiger partial charge in [-0.15, -0.1) is 0 Å². The van der Waals surface area contributed by atoms with E-state index in [1.807, 2.05) is 12.1 Å². The van der Waals surface area contributed by atoms with E-state index in [2.05, 4.69) is 41.4 Å². The average molecular weight is 257 g/mol. The van der Waals surface area contributed by atoms with E-state index in [9.17, 15) is 0 Å². The Morgan fingerprint density at radius 3 is 2.95 bits per heavy atom. The van der Waals surface area contributed by atoms with Gasteiger partial charge in [0, 0.05) is 12.5 Å². The van der Waals surface area contributed by atoms with Crippen LogP contribution in [0.5, 0.6) is 0 Å². The zero-order valence-corrected chi connectivity index (χ0v) is 11.4. The summed E-state index contributed by atoms with van der Waals surface area (Å²) in [5.41, 5.74) is 2.53. The van der Waals surface area contributed by atoms with Gasteiger partial charge in [0.1, 0.15) is 0 Å². The molecule has 100 valence electrons. The Hall–Kier alpha value is -1.68. The zero-order valence-electron chi connectivity index (χ0n) is 11.4. The van der Waals surface area contributed by atoms with Crippen molar-refractivity contribution >= 4 is 0 Å². The SMILES string of the molecule is Cc1ccccc1Cc1noc(C2CCNC2C)n1. The highest BCUT2D eigenvalue weighted by atomic mass is 16.5. The Kier molecular flexibility index (Phi) is 3.34. The molecule has 1 aliphatic heterocycles. The first-order chi connectivity index (χ1) is 9.24. The van der Waals surface area contributed by atoms with Crippen molar-refractivity contribution in [3.8, 4) is 0 Å². The maximum absolute atomic E-state index is 5.43. The lowest BCUT2D eigenvalue weighted by molar-refractivity contribution is 0.342. The molecule has 4 heteroatoms. The number of rotatable bonds is 3. The van der Waals surface area contributed by atoms with E-state index in [0.29, 0.717) is 12.0 Å². The molecule has 1 aromatic carbocycles. The van der Waals surface area contributed by atoms with Gasteiger partial charge in [-0.3, -0.25) is 0 Å². The molecule has 0 saturated carbocycles. The van der Waals surface area contributed by atoms with Crippen molar-refractivity contribution in [3.63, 3.8) is 0 Å². The van der Waals surface area contributed by atoms with Gasteiger partial charge >= 0.3 is 0 Å². The molecule has 1 fully saturated rings. The molecule has 0 radical (unpaired) electrons. The van der Waals surface area contributed by atoms with Gasteiger partial charge in [0.25, 0.3) is 0 Å². The van der Waals surface area contributed by atoms with Gasteiger partial charge in [0.15, 0.2) is 5.82 Å². The molecule has 0 aliphatic carbocycles. The monoisotopic (exact) mass is 257 g/mol. The summed E-state index contributed by atoms with van der Waals surface area (Å²) in [4.78, 5) is 4.56. The molecule has 2 aromatic rings. The van der Waals surface area contributed by atoms with Crippen LogP contribution in [-0.2, 0) is 6.42 Å². The third-order valence-corrected chi connectivity index (χ3v) is 3.94. The van der Waals surface area contributed by atoms with Crippen LogP contribution in [0.2, 0.25) is 0 Å². The Labute approximate surface area is 113 Å². The third kappa shape index (κ3) is 2.54. The lowest BCUT2D eigenvalue weighted by atomic mass is 10.0. The summed E-state index contributed by atoms with van der Waals surface area (Å²) in [6.07, 6.45) is 1.82. The molecule has 2 atom stereocenters. The van der Waals surface area contributed by atoms with Crippen LogP contribution in [0.1, 0.15) is 42.1 Å². The molecule has 0 amide bonds. The molecular weight excluding hydrogens is 238 g/mol. The van der Waals surface area contributed by atoms with Crippen molar-refractivity contribution in [2.75, 3.05) is 6.54 Å². The van der Waals surface area contributed by atoms with Crippen molar-refractivity contribution in [1.29, 1.82) is 0 Å². The summed E-state index contributed by atoms with van der Waals surface area (Å²) in [6.45, 7) is 5.31. The normalized spacial score (nSPS) is 22.8. The molecular formula is C15H19N3O. The molecule has 19 heavy (non-hydrogen) atoms. The summed E-state index contributed by atoms with van der Waals surface area (Å²) in [7, 11) is 0. The standard InChI is InChI=1S/C15H19N3O/c1-10-5-3-4-6-12(10)9-14-17-15(19-18-14)13-7-8-16-11(13)2/h3-6,11,13,16H,7-9H2,1-2H3. The molecule has 1 saturated heterocycles. The van der Waals surface area contributed by atoms with E-state index in [1.54, 1.807) is 0 Å². The van der Waals surface area contributed by atoms with Crippen molar-refractivity contribution in [2.45, 2.75) is 38.6 Å². The second kappa shape index (κ2) is 5.13. The lowest BCUT2D eigenvalue weighted by Crippen LogP contribution is -2.21. The highest BCUT2D eigenvalue weighted by molar-refractivity contribution is 5.28. The minimum atomic E-state index is 0.359. The number of nitrogens with one attached hydrogen (secondary N) is 1. The van der Waals surface area contributed by atoms with Crippen molar-refractivity contribution < 1.29 is 4.52 Å². The fourth-order valence-corrected chi connectivity index (χ4v) is 2.66. The second-order valence-corrected chi connectivity index (χ2v) is 5.29.